The molecule has 0 N–H and O–H groups in total. The van der Waals surface area contributed by atoms with Gasteiger partial charge in [-0.2, -0.15) is 0 Å². The van der Waals surface area contributed by atoms with Crippen molar-refractivity contribution in [2.75, 3.05) is 0 Å². The summed E-state index contributed by atoms with van der Waals surface area (Å²) in [6, 6.07) is 118. The second kappa shape index (κ2) is 19.4. The molecule has 0 saturated heterocycles. The van der Waals surface area contributed by atoms with Crippen molar-refractivity contribution >= 4 is 184 Å². The zero-order chi connectivity index (χ0) is 64.7. The SMILES string of the molecule is c1ccc(-n2c3ccccc3c3c2c2sc4ccccc4c2c2c4ccccc4n(-c4ccc5c6c(c(-c7ccc8c9ccc(-n%10c%11ccccc%11c%11c%10c%10oc%12ccccc%12c%10c%10c%12ccccc%12n(-c%12ccccc%12)c%10%11)cc9c9ccccc9c8c7)ccc46)-c4ccccc4-5)c23)cc1. The fourth-order valence-corrected chi connectivity index (χ4v) is 19.8. The van der Waals surface area contributed by atoms with Crippen molar-refractivity contribution < 1.29 is 4.42 Å². The van der Waals surface area contributed by atoms with Crippen LogP contribution in [0.15, 0.2) is 320 Å². The van der Waals surface area contributed by atoms with Crippen molar-refractivity contribution in [2.24, 2.45) is 0 Å². The van der Waals surface area contributed by atoms with Crippen molar-refractivity contribution in [3.8, 4) is 56.1 Å². The molecular weight excluding hydrogens is 1230 g/mol. The maximum Gasteiger partial charge on any atom is 0.160 e. The van der Waals surface area contributed by atoms with Crippen LogP contribution >= 0.6 is 11.3 Å². The number of para-hydroxylation sites is 7. The molecule has 0 atom stereocenters. The molecule has 0 saturated carbocycles. The quantitative estimate of drug-likeness (QED) is 0.158. The summed E-state index contributed by atoms with van der Waals surface area (Å²) in [5.41, 5.74) is 23.2. The van der Waals surface area contributed by atoms with Crippen LogP contribution in [0.1, 0.15) is 0 Å². The van der Waals surface area contributed by atoms with Crippen molar-refractivity contribution in [1.29, 1.82) is 0 Å². The molecule has 1 aliphatic rings. The van der Waals surface area contributed by atoms with Gasteiger partial charge in [-0.1, -0.05) is 231 Å². The first-order valence-electron chi connectivity index (χ1n) is 34.5. The van der Waals surface area contributed by atoms with Crippen LogP contribution in [0.2, 0.25) is 0 Å². The number of fused-ring (bicyclic) bond motifs is 33. The first kappa shape index (κ1) is 53.2. The Morgan fingerprint density at radius 2 is 0.710 bits per heavy atom. The molecule has 1 aliphatic carbocycles. The van der Waals surface area contributed by atoms with Gasteiger partial charge in [0, 0.05) is 97.2 Å². The third-order valence-corrected chi connectivity index (χ3v) is 23.6. The maximum atomic E-state index is 7.24. The minimum absolute atomic E-state index is 0.876. The third kappa shape index (κ3) is 6.71. The van der Waals surface area contributed by atoms with Crippen LogP contribution < -0.4 is 0 Å². The summed E-state index contributed by atoms with van der Waals surface area (Å²) in [4.78, 5) is 0. The lowest BCUT2D eigenvalue weighted by molar-refractivity contribution is 0.671. The summed E-state index contributed by atoms with van der Waals surface area (Å²) in [5.74, 6) is 0. The van der Waals surface area contributed by atoms with Crippen LogP contribution in [0.25, 0.3) is 229 Å². The molecule has 0 spiro atoms. The Labute approximate surface area is 574 Å². The number of hydrogen-bond donors (Lipinski definition) is 0. The average Bonchev–Trinajstić information content (AvgIpc) is 1.52. The first-order chi connectivity index (χ1) is 49.7. The Morgan fingerprint density at radius 3 is 1.39 bits per heavy atom. The van der Waals surface area contributed by atoms with Gasteiger partial charge in [0.25, 0.3) is 0 Å². The van der Waals surface area contributed by atoms with E-state index in [9.17, 15) is 0 Å². The van der Waals surface area contributed by atoms with Gasteiger partial charge in [-0.05, 0) is 151 Å². The molecule has 0 unspecified atom stereocenters. The van der Waals surface area contributed by atoms with E-state index in [0.717, 1.165) is 55.6 Å². The summed E-state index contributed by atoms with van der Waals surface area (Å²) in [7, 11) is 0. The van der Waals surface area contributed by atoms with Crippen LogP contribution in [0.5, 0.6) is 0 Å². The van der Waals surface area contributed by atoms with Crippen molar-refractivity contribution in [3.05, 3.63) is 315 Å². The minimum atomic E-state index is 0.876. The molecule has 100 heavy (non-hydrogen) atoms. The van der Waals surface area contributed by atoms with E-state index in [1.807, 2.05) is 11.3 Å². The first-order valence-corrected chi connectivity index (χ1v) is 35.3. The van der Waals surface area contributed by atoms with E-state index in [2.05, 4.69) is 334 Å². The number of thiophene rings is 1. The van der Waals surface area contributed by atoms with Gasteiger partial charge in [-0.25, -0.2) is 0 Å². The van der Waals surface area contributed by atoms with Gasteiger partial charge in [-0.3, -0.25) is 0 Å². The Morgan fingerprint density at radius 1 is 0.240 bits per heavy atom. The zero-order valence-corrected chi connectivity index (χ0v) is 54.4. The van der Waals surface area contributed by atoms with Crippen molar-refractivity contribution in [3.63, 3.8) is 0 Å². The Hall–Kier alpha value is -13.0. The Bertz CT molecular complexity index is 7620. The number of rotatable bonds is 5. The van der Waals surface area contributed by atoms with E-state index in [1.54, 1.807) is 0 Å². The highest BCUT2D eigenvalue weighted by atomic mass is 32.1. The van der Waals surface area contributed by atoms with E-state index in [-0.39, 0.29) is 0 Å². The van der Waals surface area contributed by atoms with Crippen LogP contribution in [0.3, 0.4) is 0 Å². The summed E-state index contributed by atoms with van der Waals surface area (Å²) >= 11 is 1.92. The fourth-order valence-electron chi connectivity index (χ4n) is 18.5. The molecule has 24 rings (SSSR count). The fraction of sp³-hybridized carbons (Fsp3) is 0. The number of furan rings is 1. The standard InChI is InChI=1S/C94H52N4OS/c1-3-23-54(24-4-1)95-74-37-17-11-31-65(74)83-85-70-35-15-21-41-79(70)99-93(85)91-87(89(83)95)67-33-13-19-39-76(67)97(91)56-44-46-62-61-45-43-53(51-72(61)58-27-7-8-28-59(58)73(62)52-56)57-47-48-69-78(50-49-64-60-29-9-10-30-63(60)81(57)82(64)69)98-77-40-20-12-32-66(77)84-86-71-36-16-22-42-80(71)100-94(86)92-88(90(84)98)68-34-14-18-38-75(68)96(92)55-25-5-2-6-26-55/h1-52H. The van der Waals surface area contributed by atoms with Crippen LogP contribution in [-0.4, -0.2) is 18.3 Å². The summed E-state index contributed by atoms with van der Waals surface area (Å²) in [5, 5.41) is 24.5. The molecule has 0 aliphatic heterocycles. The van der Waals surface area contributed by atoms with Gasteiger partial charge < -0.3 is 22.7 Å². The summed E-state index contributed by atoms with van der Waals surface area (Å²) < 4.78 is 20.0. The summed E-state index contributed by atoms with van der Waals surface area (Å²) in [6.07, 6.45) is 0. The highest BCUT2D eigenvalue weighted by molar-refractivity contribution is 7.27. The Kier molecular flexibility index (Phi) is 10.3. The molecule has 23 aromatic rings. The molecule has 6 heterocycles. The highest BCUT2D eigenvalue weighted by Crippen LogP contribution is 2.57. The van der Waals surface area contributed by atoms with E-state index in [4.69, 9.17) is 4.42 Å². The molecule has 0 bridgehead atoms. The topological polar surface area (TPSA) is 32.9 Å². The van der Waals surface area contributed by atoms with Crippen molar-refractivity contribution in [1.82, 2.24) is 18.3 Å². The second-order valence-corrected chi connectivity index (χ2v) is 28.3. The van der Waals surface area contributed by atoms with Crippen LogP contribution in [-0.2, 0) is 0 Å². The van der Waals surface area contributed by atoms with Crippen LogP contribution in [0.4, 0.5) is 0 Å². The lowest BCUT2D eigenvalue weighted by Crippen LogP contribution is -1.97. The third-order valence-electron chi connectivity index (χ3n) is 22.4. The number of hydrogen-bond acceptors (Lipinski definition) is 2. The lowest BCUT2D eigenvalue weighted by Gasteiger charge is -2.17. The Balaban J connectivity index is 0.744. The van der Waals surface area contributed by atoms with Gasteiger partial charge >= 0.3 is 0 Å². The van der Waals surface area contributed by atoms with Gasteiger partial charge in [0.2, 0.25) is 0 Å². The van der Waals surface area contributed by atoms with E-state index >= 15 is 0 Å². The zero-order valence-electron chi connectivity index (χ0n) is 53.6. The van der Waals surface area contributed by atoms with Gasteiger partial charge in [0.15, 0.2) is 5.58 Å². The van der Waals surface area contributed by atoms with Gasteiger partial charge in [0.05, 0.1) is 54.5 Å². The highest BCUT2D eigenvalue weighted by Gasteiger charge is 2.32. The van der Waals surface area contributed by atoms with Gasteiger partial charge in [0.1, 0.15) is 5.58 Å². The molecule has 0 radical (unpaired) electrons. The second-order valence-electron chi connectivity index (χ2n) is 27.2. The average molecular weight is 1290 g/mol. The predicted octanol–water partition coefficient (Wildman–Crippen LogP) is 26.3. The van der Waals surface area contributed by atoms with Crippen LogP contribution in [0, 0.1) is 0 Å². The molecule has 0 fully saturated rings. The molecule has 460 valence electrons. The largest absolute Gasteiger partial charge is 0.454 e. The monoisotopic (exact) mass is 1280 g/mol. The number of nitrogens with zero attached hydrogens (tertiary/aromatic N) is 4. The predicted molar refractivity (Wildman–Crippen MR) is 424 cm³/mol. The van der Waals surface area contributed by atoms with E-state index in [0.29, 0.717) is 0 Å². The van der Waals surface area contributed by atoms with Gasteiger partial charge in [-0.15, -0.1) is 11.3 Å². The molecule has 0 amide bonds. The normalized spacial score (nSPS) is 12.6. The molecule has 6 heteroatoms. The maximum absolute atomic E-state index is 7.24. The van der Waals surface area contributed by atoms with E-state index in [1.165, 1.54) is 173 Å². The molecule has 17 aromatic carbocycles. The smallest absolute Gasteiger partial charge is 0.160 e. The van der Waals surface area contributed by atoms with Crippen molar-refractivity contribution in [2.45, 2.75) is 0 Å². The minimum Gasteiger partial charge on any atom is -0.454 e. The summed E-state index contributed by atoms with van der Waals surface area (Å²) in [6.45, 7) is 0. The molecule has 6 aromatic heterocycles. The molecule has 5 nitrogen and oxygen atoms in total. The number of benzene rings is 17. The lowest BCUT2D eigenvalue weighted by atomic mass is 9.89. The van der Waals surface area contributed by atoms with E-state index < -0.39 is 0 Å². The molecular formula is C94H52N4OS. The number of aromatic nitrogens is 4.